The van der Waals surface area contributed by atoms with Crippen molar-refractivity contribution in [2.75, 3.05) is 0 Å². The molecular formula is C28H46O2Si. The van der Waals surface area contributed by atoms with Crippen LogP contribution in [-0.4, -0.2) is 26.1 Å². The smallest absolute Gasteiger partial charge is 0.192 e. The van der Waals surface area contributed by atoms with E-state index < -0.39 is 8.32 Å². The quantitative estimate of drug-likeness (QED) is 0.326. The minimum Gasteiger partial charge on any atom is -0.410 e. The standard InChI is InChI=1S/C28H46O2Si/c1-19-17-23(20(2)25(18-19)30-31(8,9)26(4,5)6)13-12-22-11-10-15-27(7)24(22)14-16-28(27)21(3)29-28/h12-13,19,21,24-25H,2,10-11,14-18H2,1,3-9H3/b22-12+,23-13-/t19?,21?,24?,25?,27-,28?/m0/s1. The highest BCUT2D eigenvalue weighted by Gasteiger charge is 2.70. The van der Waals surface area contributed by atoms with Gasteiger partial charge in [-0.25, -0.2) is 0 Å². The lowest BCUT2D eigenvalue weighted by atomic mass is 9.62. The second-order valence-electron chi connectivity index (χ2n) is 12.9. The molecule has 0 bridgehead atoms. The van der Waals surface area contributed by atoms with Gasteiger partial charge in [-0.3, -0.25) is 0 Å². The fourth-order valence-corrected chi connectivity index (χ4v) is 8.06. The lowest BCUT2D eigenvalue weighted by Gasteiger charge is -2.42. The van der Waals surface area contributed by atoms with Gasteiger partial charge < -0.3 is 9.16 Å². The molecule has 3 heteroatoms. The van der Waals surface area contributed by atoms with E-state index in [4.69, 9.17) is 9.16 Å². The van der Waals surface area contributed by atoms with Gasteiger partial charge in [-0.15, -0.1) is 0 Å². The van der Waals surface area contributed by atoms with E-state index >= 15 is 0 Å². The van der Waals surface area contributed by atoms with Gasteiger partial charge in [-0.05, 0) is 93.0 Å². The summed E-state index contributed by atoms with van der Waals surface area (Å²) < 4.78 is 13.1. The molecule has 31 heavy (non-hydrogen) atoms. The molecule has 2 nitrogen and oxygen atoms in total. The summed E-state index contributed by atoms with van der Waals surface area (Å²) >= 11 is 0. The van der Waals surface area contributed by atoms with E-state index in [1.807, 2.05) is 0 Å². The van der Waals surface area contributed by atoms with E-state index in [1.54, 1.807) is 5.57 Å². The van der Waals surface area contributed by atoms with Crippen LogP contribution in [0.5, 0.6) is 0 Å². The van der Waals surface area contributed by atoms with Crippen molar-refractivity contribution < 1.29 is 9.16 Å². The Hall–Kier alpha value is -0.643. The number of allylic oxidation sites excluding steroid dienone is 3. The number of rotatable bonds is 3. The molecule has 6 atom stereocenters. The first-order valence-corrected chi connectivity index (χ1v) is 15.7. The van der Waals surface area contributed by atoms with E-state index in [1.165, 1.54) is 43.3 Å². The maximum atomic E-state index is 6.84. The molecule has 174 valence electrons. The Bertz CT molecular complexity index is 800. The molecule has 1 spiro atoms. The van der Waals surface area contributed by atoms with Gasteiger partial charge in [0, 0.05) is 5.41 Å². The SMILES string of the molecule is C=C1/C(=C\C=C2/CCC[C@@]3(C)C2CCC32OC2C)CC(C)CC1O[Si](C)(C)C(C)(C)C. The Morgan fingerprint density at radius 2 is 1.84 bits per heavy atom. The molecule has 4 rings (SSSR count). The van der Waals surface area contributed by atoms with Crippen LogP contribution in [0.4, 0.5) is 0 Å². The summed E-state index contributed by atoms with van der Waals surface area (Å²) in [6.45, 7) is 23.4. The van der Waals surface area contributed by atoms with Crippen LogP contribution in [0.25, 0.3) is 0 Å². The van der Waals surface area contributed by atoms with Crippen molar-refractivity contribution in [3.8, 4) is 0 Å². The molecular weight excluding hydrogens is 396 g/mol. The van der Waals surface area contributed by atoms with Crippen molar-refractivity contribution in [1.29, 1.82) is 0 Å². The summed E-state index contributed by atoms with van der Waals surface area (Å²) in [6.07, 6.45) is 14.2. The second kappa shape index (κ2) is 7.70. The van der Waals surface area contributed by atoms with Crippen LogP contribution in [0.3, 0.4) is 0 Å². The summed E-state index contributed by atoms with van der Waals surface area (Å²) in [4.78, 5) is 0. The van der Waals surface area contributed by atoms with Gasteiger partial charge in [0.1, 0.15) is 5.60 Å². The molecule has 4 aliphatic rings. The van der Waals surface area contributed by atoms with Crippen molar-refractivity contribution in [2.45, 2.75) is 122 Å². The number of fused-ring (bicyclic) bond motifs is 2. The molecule has 1 saturated heterocycles. The topological polar surface area (TPSA) is 21.8 Å². The van der Waals surface area contributed by atoms with Crippen LogP contribution in [0, 0.1) is 17.3 Å². The van der Waals surface area contributed by atoms with E-state index in [0.29, 0.717) is 23.4 Å². The van der Waals surface area contributed by atoms with E-state index in [-0.39, 0.29) is 16.7 Å². The third-order valence-electron chi connectivity index (χ3n) is 9.86. The van der Waals surface area contributed by atoms with Crippen molar-refractivity contribution in [3.63, 3.8) is 0 Å². The summed E-state index contributed by atoms with van der Waals surface area (Å²) in [6, 6.07) is 0. The summed E-state index contributed by atoms with van der Waals surface area (Å²) in [5, 5.41) is 0.229. The van der Waals surface area contributed by atoms with Gasteiger partial charge in [-0.2, -0.15) is 0 Å². The highest BCUT2D eigenvalue weighted by molar-refractivity contribution is 6.74. The first-order chi connectivity index (χ1) is 14.3. The molecule has 0 N–H and O–H groups in total. The highest BCUT2D eigenvalue weighted by Crippen LogP contribution is 2.68. The molecule has 3 saturated carbocycles. The predicted octanol–water partition coefficient (Wildman–Crippen LogP) is 7.97. The molecule has 3 aliphatic carbocycles. The van der Waals surface area contributed by atoms with Crippen molar-refractivity contribution in [2.24, 2.45) is 17.3 Å². The Morgan fingerprint density at radius 3 is 2.45 bits per heavy atom. The van der Waals surface area contributed by atoms with Crippen LogP contribution in [-0.2, 0) is 9.16 Å². The minimum atomic E-state index is -1.81. The van der Waals surface area contributed by atoms with Crippen LogP contribution < -0.4 is 0 Å². The molecule has 1 aliphatic heterocycles. The first-order valence-electron chi connectivity index (χ1n) is 12.8. The van der Waals surface area contributed by atoms with Crippen molar-refractivity contribution in [3.05, 3.63) is 35.5 Å². The fraction of sp³-hybridized carbons (Fsp3) is 0.786. The maximum Gasteiger partial charge on any atom is 0.192 e. The molecule has 0 aromatic carbocycles. The molecule has 0 aromatic heterocycles. The largest absolute Gasteiger partial charge is 0.410 e. The number of ether oxygens (including phenoxy) is 1. The molecule has 1 heterocycles. The van der Waals surface area contributed by atoms with Crippen molar-refractivity contribution >= 4 is 8.32 Å². The summed E-state index contributed by atoms with van der Waals surface area (Å²) in [7, 11) is -1.81. The van der Waals surface area contributed by atoms with Gasteiger partial charge in [0.05, 0.1) is 12.2 Å². The van der Waals surface area contributed by atoms with E-state index in [9.17, 15) is 0 Å². The predicted molar refractivity (Wildman–Crippen MR) is 134 cm³/mol. The number of epoxide rings is 1. The Balaban J connectivity index is 1.54. The lowest BCUT2D eigenvalue weighted by molar-refractivity contribution is 0.0944. The molecule has 4 fully saturated rings. The first kappa shape index (κ1) is 23.5. The Labute approximate surface area is 192 Å². The van der Waals surface area contributed by atoms with Gasteiger partial charge in [0.25, 0.3) is 0 Å². The van der Waals surface area contributed by atoms with Crippen LogP contribution in [0.2, 0.25) is 18.1 Å². The third-order valence-corrected chi connectivity index (χ3v) is 14.3. The van der Waals surface area contributed by atoms with Crippen LogP contribution in [0.15, 0.2) is 35.5 Å². The summed E-state index contributed by atoms with van der Waals surface area (Å²) in [5.74, 6) is 1.34. The lowest BCUT2D eigenvalue weighted by Crippen LogP contribution is -2.45. The summed E-state index contributed by atoms with van der Waals surface area (Å²) in [5.41, 5.74) is 4.83. The van der Waals surface area contributed by atoms with Gasteiger partial charge in [0.15, 0.2) is 8.32 Å². The number of hydrogen-bond donors (Lipinski definition) is 0. The molecule has 0 aromatic rings. The van der Waals surface area contributed by atoms with Crippen molar-refractivity contribution in [1.82, 2.24) is 0 Å². The number of hydrogen-bond acceptors (Lipinski definition) is 2. The van der Waals surface area contributed by atoms with E-state index in [0.717, 1.165) is 12.8 Å². The minimum absolute atomic E-state index is 0.176. The van der Waals surface area contributed by atoms with Crippen LogP contribution >= 0.6 is 0 Å². The monoisotopic (exact) mass is 442 g/mol. The van der Waals surface area contributed by atoms with Gasteiger partial charge >= 0.3 is 0 Å². The molecule has 0 amide bonds. The average molecular weight is 443 g/mol. The zero-order valence-corrected chi connectivity index (χ0v) is 22.4. The maximum absolute atomic E-state index is 6.84. The third kappa shape index (κ3) is 3.87. The zero-order valence-electron chi connectivity index (χ0n) is 21.4. The Morgan fingerprint density at radius 1 is 1.16 bits per heavy atom. The fourth-order valence-electron chi connectivity index (χ4n) is 6.75. The molecule has 5 unspecified atom stereocenters. The second-order valence-corrected chi connectivity index (χ2v) is 17.6. The Kier molecular flexibility index (Phi) is 5.84. The molecule has 0 radical (unpaired) electrons. The zero-order chi connectivity index (χ0) is 22.8. The van der Waals surface area contributed by atoms with Gasteiger partial charge in [0.2, 0.25) is 0 Å². The highest BCUT2D eigenvalue weighted by atomic mass is 28.4. The average Bonchev–Trinajstić information content (AvgIpc) is 3.22. The normalized spacial score (nSPS) is 43.7. The van der Waals surface area contributed by atoms with E-state index in [2.05, 4.69) is 73.4 Å². The van der Waals surface area contributed by atoms with Crippen LogP contribution in [0.1, 0.15) is 86.5 Å². The van der Waals surface area contributed by atoms with Gasteiger partial charge in [-0.1, -0.05) is 58.9 Å².